The van der Waals surface area contributed by atoms with Gasteiger partial charge in [0.25, 0.3) is 6.17 Å². The van der Waals surface area contributed by atoms with Crippen LogP contribution in [0.3, 0.4) is 0 Å². The highest BCUT2D eigenvalue weighted by Crippen LogP contribution is 1.83. The number of hydrogen-bond acceptors (Lipinski definition) is 5. The van der Waals surface area contributed by atoms with Gasteiger partial charge in [-0.25, -0.2) is 0 Å². The molecule has 52 valence electrons. The van der Waals surface area contributed by atoms with E-state index in [4.69, 9.17) is 5.73 Å². The average molecular weight is 132 g/mol. The molecule has 1 unspecified atom stereocenters. The maximum atomic E-state index is 10.2. The van der Waals surface area contributed by atoms with Gasteiger partial charge in [-0.2, -0.15) is 0 Å². The summed E-state index contributed by atoms with van der Waals surface area (Å²) in [5.74, 6) is -0.593. The lowest BCUT2D eigenvalue weighted by Gasteiger charge is -2.05. The minimum Gasteiger partial charge on any atom is -0.739 e. The Morgan fingerprint density at radius 2 is 2.33 bits per heavy atom. The fraction of sp³-hybridized carbons (Fsp3) is 0.667. The van der Waals surface area contributed by atoms with Crippen molar-refractivity contribution in [2.45, 2.75) is 13.1 Å². The SMILES string of the molecule is CC(=O)C(N)/[N+]([O-])=N/[O-]. The van der Waals surface area contributed by atoms with Gasteiger partial charge in [0.05, 0.1) is 0 Å². The Balaban J connectivity index is 4.04. The highest BCUT2D eigenvalue weighted by atomic mass is 16.6. The van der Waals surface area contributed by atoms with Crippen LogP contribution in [-0.4, -0.2) is 16.8 Å². The molecule has 0 amide bonds. The molecule has 0 rings (SSSR count). The van der Waals surface area contributed by atoms with E-state index in [1.54, 1.807) is 0 Å². The molecule has 9 heavy (non-hydrogen) atoms. The van der Waals surface area contributed by atoms with Crippen molar-refractivity contribution in [2.24, 2.45) is 11.0 Å². The number of carbonyl (C=O) groups excluding carboxylic acids is 1. The number of rotatable bonds is 2. The van der Waals surface area contributed by atoms with E-state index in [0.29, 0.717) is 0 Å². The Hall–Kier alpha value is -1.17. The van der Waals surface area contributed by atoms with Crippen LogP contribution in [0.15, 0.2) is 5.28 Å². The predicted molar refractivity (Wildman–Crippen MR) is 28.1 cm³/mol. The topological polar surface area (TPSA) is 105 Å². The first-order valence-corrected chi connectivity index (χ1v) is 2.15. The molecule has 0 bridgehead atoms. The van der Waals surface area contributed by atoms with Gasteiger partial charge in [-0.15, -0.1) is 0 Å². The molecule has 0 saturated carbocycles. The Kier molecular flexibility index (Phi) is 2.59. The van der Waals surface area contributed by atoms with E-state index in [-0.39, 0.29) is 4.86 Å². The number of ketones is 1. The molecule has 0 spiro atoms. The number of hydrogen-bond donors (Lipinski definition) is 1. The molecule has 0 heterocycles. The van der Waals surface area contributed by atoms with Gasteiger partial charge in [-0.05, 0) is 5.28 Å². The third kappa shape index (κ3) is 2.04. The lowest BCUT2D eigenvalue weighted by molar-refractivity contribution is -0.549. The van der Waals surface area contributed by atoms with Gasteiger partial charge >= 0.3 is 0 Å². The molecule has 0 aromatic heterocycles. The molecule has 6 heteroatoms. The monoisotopic (exact) mass is 132 g/mol. The van der Waals surface area contributed by atoms with Crippen molar-refractivity contribution in [3.63, 3.8) is 0 Å². The first-order chi connectivity index (χ1) is 4.09. The van der Waals surface area contributed by atoms with E-state index in [2.05, 4.69) is 0 Å². The fourth-order valence-electron chi connectivity index (χ4n) is 0.206. The second-order valence-electron chi connectivity index (χ2n) is 1.44. The van der Waals surface area contributed by atoms with Gasteiger partial charge in [-0.3, -0.25) is 10.5 Å². The zero-order valence-electron chi connectivity index (χ0n) is 4.77. The van der Waals surface area contributed by atoms with Crippen LogP contribution < -0.4 is 5.73 Å². The Morgan fingerprint density at radius 3 is 2.44 bits per heavy atom. The van der Waals surface area contributed by atoms with Crippen LogP contribution in [0.1, 0.15) is 6.92 Å². The first-order valence-electron chi connectivity index (χ1n) is 2.15. The summed E-state index contributed by atoms with van der Waals surface area (Å²) in [5.41, 5.74) is 4.84. The van der Waals surface area contributed by atoms with Crippen LogP contribution in [0.5, 0.6) is 0 Å². The van der Waals surface area contributed by atoms with E-state index in [1.165, 1.54) is 0 Å². The smallest absolute Gasteiger partial charge is 0.299 e. The summed E-state index contributed by atoms with van der Waals surface area (Å²) in [4.78, 5) is 9.79. The van der Waals surface area contributed by atoms with E-state index in [0.717, 1.165) is 6.92 Å². The summed E-state index contributed by atoms with van der Waals surface area (Å²) < 4.78 is 0. The van der Waals surface area contributed by atoms with Crippen LogP contribution in [0.2, 0.25) is 0 Å². The van der Waals surface area contributed by atoms with E-state index in [9.17, 15) is 15.2 Å². The molecule has 0 saturated heterocycles. The second-order valence-corrected chi connectivity index (χ2v) is 1.44. The van der Waals surface area contributed by atoms with Crippen LogP contribution in [0.4, 0.5) is 0 Å². The number of nitrogens with zero attached hydrogens (tertiary/aromatic N) is 2. The molecule has 0 fully saturated rings. The van der Waals surface area contributed by atoms with Gasteiger partial charge in [-0.1, -0.05) is 4.86 Å². The molecular weight excluding hydrogens is 126 g/mol. The Labute approximate surface area is 51.1 Å². The summed E-state index contributed by atoms with van der Waals surface area (Å²) in [5, 5.41) is 21.3. The molecule has 0 aromatic rings. The molecule has 0 aliphatic carbocycles. The van der Waals surface area contributed by atoms with Crippen LogP contribution in [0.25, 0.3) is 0 Å². The predicted octanol–water partition coefficient (Wildman–Crippen LogP) is -0.679. The molecule has 2 N–H and O–H groups in total. The maximum absolute atomic E-state index is 10.2. The minimum atomic E-state index is -1.46. The minimum absolute atomic E-state index is 0.387. The van der Waals surface area contributed by atoms with Gasteiger partial charge in [0.2, 0.25) is 5.78 Å². The summed E-state index contributed by atoms with van der Waals surface area (Å²) in [6, 6.07) is 0. The van der Waals surface area contributed by atoms with Crippen LogP contribution in [0, 0.1) is 10.4 Å². The Morgan fingerprint density at radius 1 is 1.89 bits per heavy atom. The van der Waals surface area contributed by atoms with E-state index in [1.807, 2.05) is 5.28 Å². The largest absolute Gasteiger partial charge is 0.739 e. The van der Waals surface area contributed by atoms with Gasteiger partial charge in [0, 0.05) is 6.92 Å². The van der Waals surface area contributed by atoms with Gasteiger partial charge in [0.1, 0.15) is 0 Å². The second kappa shape index (κ2) is 2.98. The normalized spacial score (nSPS) is 15.1. The maximum Gasteiger partial charge on any atom is 0.299 e. The lowest BCUT2D eigenvalue weighted by atomic mass is 10.4. The van der Waals surface area contributed by atoms with Crippen molar-refractivity contribution < 1.29 is 9.66 Å². The zero-order chi connectivity index (χ0) is 7.44. The van der Waals surface area contributed by atoms with Gasteiger partial charge in [0.15, 0.2) is 0 Å². The van der Waals surface area contributed by atoms with Crippen LogP contribution in [-0.2, 0) is 4.79 Å². The summed E-state index contributed by atoms with van der Waals surface area (Å²) in [6.07, 6.45) is -1.46. The number of hydroxylamine groups is 1. The third-order valence-corrected chi connectivity index (χ3v) is 0.735. The van der Waals surface area contributed by atoms with Crippen molar-refractivity contribution in [2.75, 3.05) is 0 Å². The number of Topliss-reactive ketones (excluding diaryl/α,β-unsaturated/α-hetero) is 1. The molecule has 0 aromatic carbocycles. The molecule has 0 radical (unpaired) electrons. The van der Waals surface area contributed by atoms with Crippen molar-refractivity contribution in [3.8, 4) is 0 Å². The molecule has 0 aliphatic rings. The first kappa shape index (κ1) is 7.83. The Bertz CT molecular complexity index is 143. The summed E-state index contributed by atoms with van der Waals surface area (Å²) in [7, 11) is 0. The standard InChI is InChI=1S/C3H7N3O3/c1-2(7)3(4)6(9)5-8/h3,8H,4H2,1H3/p-1/b6-5-. The number of nitrogens with two attached hydrogens (primary N) is 1. The van der Waals surface area contributed by atoms with Crippen molar-refractivity contribution in [1.29, 1.82) is 0 Å². The highest BCUT2D eigenvalue weighted by molar-refractivity contribution is 5.79. The molecule has 1 atom stereocenters. The van der Waals surface area contributed by atoms with Crippen molar-refractivity contribution in [3.05, 3.63) is 10.4 Å². The van der Waals surface area contributed by atoms with E-state index < -0.39 is 11.9 Å². The van der Waals surface area contributed by atoms with E-state index >= 15 is 0 Å². The summed E-state index contributed by atoms with van der Waals surface area (Å²) in [6.45, 7) is 1.10. The molecule has 6 nitrogen and oxygen atoms in total. The van der Waals surface area contributed by atoms with Crippen LogP contribution >= 0.6 is 0 Å². The highest BCUT2D eigenvalue weighted by Gasteiger charge is 2.15. The fourth-order valence-corrected chi connectivity index (χ4v) is 0.206. The zero-order valence-corrected chi connectivity index (χ0v) is 4.77. The lowest BCUT2D eigenvalue weighted by Crippen LogP contribution is -2.36. The van der Waals surface area contributed by atoms with Crippen molar-refractivity contribution >= 4 is 5.78 Å². The quantitative estimate of drug-likeness (QED) is 0.232. The average Bonchev–Trinajstić information content (AvgIpc) is 1.84. The number of carbonyl (C=O) groups is 1. The third-order valence-electron chi connectivity index (χ3n) is 0.735. The van der Waals surface area contributed by atoms with Gasteiger partial charge < -0.3 is 10.4 Å². The van der Waals surface area contributed by atoms with Crippen molar-refractivity contribution in [1.82, 2.24) is 0 Å². The summed E-state index contributed by atoms with van der Waals surface area (Å²) >= 11 is 0. The molecule has 0 aliphatic heterocycles. The molecular formula is C3H6N3O3-.